The van der Waals surface area contributed by atoms with E-state index < -0.39 is 0 Å². The van der Waals surface area contributed by atoms with Crippen molar-refractivity contribution in [3.8, 4) is 22.4 Å². The van der Waals surface area contributed by atoms with Crippen molar-refractivity contribution in [3.05, 3.63) is 77.5 Å². The molecule has 3 aromatic rings. The molecule has 24 heavy (non-hydrogen) atoms. The molecule has 1 aromatic heterocycles. The van der Waals surface area contributed by atoms with Crippen LogP contribution in [0.4, 0.5) is 0 Å². The molecular weight excluding hydrogens is 290 g/mol. The number of rotatable bonds is 4. The summed E-state index contributed by atoms with van der Waals surface area (Å²) in [5.41, 5.74) is 8.73. The van der Waals surface area contributed by atoms with E-state index in [9.17, 15) is 0 Å². The van der Waals surface area contributed by atoms with Crippen molar-refractivity contribution in [2.24, 2.45) is 5.92 Å². The lowest BCUT2D eigenvalue weighted by Crippen LogP contribution is -1.99. The van der Waals surface area contributed by atoms with Crippen LogP contribution in [0.5, 0.6) is 0 Å². The summed E-state index contributed by atoms with van der Waals surface area (Å²) in [4.78, 5) is 4.73. The summed E-state index contributed by atoms with van der Waals surface area (Å²) in [6, 6.07) is 19.4. The fraction of sp³-hybridized carbons (Fsp3) is 0.261. The SMILES string of the molecule is Cc1cc(-c2ccc(C)c(-c3ccccc3)c2)ncc1CC(C)C. The number of hydrogen-bond donors (Lipinski definition) is 0. The van der Waals surface area contributed by atoms with Crippen molar-refractivity contribution in [1.82, 2.24) is 4.98 Å². The Morgan fingerprint density at radius 1 is 0.833 bits per heavy atom. The predicted molar refractivity (Wildman–Crippen MR) is 103 cm³/mol. The second-order valence-electron chi connectivity index (χ2n) is 6.99. The van der Waals surface area contributed by atoms with Gasteiger partial charge in [-0.3, -0.25) is 4.98 Å². The molecule has 0 N–H and O–H groups in total. The normalized spacial score (nSPS) is 11.0. The highest BCUT2D eigenvalue weighted by Crippen LogP contribution is 2.29. The summed E-state index contributed by atoms with van der Waals surface area (Å²) in [5.74, 6) is 0.653. The molecule has 0 unspecified atom stereocenters. The number of nitrogens with zero attached hydrogens (tertiary/aromatic N) is 1. The third kappa shape index (κ3) is 3.56. The molecule has 3 rings (SSSR count). The van der Waals surface area contributed by atoms with E-state index in [4.69, 9.17) is 4.98 Å². The van der Waals surface area contributed by atoms with Gasteiger partial charge in [0.15, 0.2) is 0 Å². The van der Waals surface area contributed by atoms with Gasteiger partial charge in [0.05, 0.1) is 5.69 Å². The van der Waals surface area contributed by atoms with Crippen LogP contribution in [0.2, 0.25) is 0 Å². The monoisotopic (exact) mass is 315 g/mol. The number of aryl methyl sites for hydroxylation is 2. The second kappa shape index (κ2) is 7.00. The zero-order valence-electron chi connectivity index (χ0n) is 15.0. The molecule has 0 amide bonds. The van der Waals surface area contributed by atoms with E-state index in [-0.39, 0.29) is 0 Å². The Morgan fingerprint density at radius 3 is 2.25 bits per heavy atom. The van der Waals surface area contributed by atoms with Crippen LogP contribution in [-0.4, -0.2) is 4.98 Å². The van der Waals surface area contributed by atoms with Crippen molar-refractivity contribution in [2.75, 3.05) is 0 Å². The number of benzene rings is 2. The van der Waals surface area contributed by atoms with Crippen molar-refractivity contribution >= 4 is 0 Å². The van der Waals surface area contributed by atoms with Gasteiger partial charge in [-0.2, -0.15) is 0 Å². The molecular formula is C23H25N. The molecule has 0 aliphatic carbocycles. The molecule has 0 radical (unpaired) electrons. The van der Waals surface area contributed by atoms with Gasteiger partial charge < -0.3 is 0 Å². The molecule has 0 bridgehead atoms. The standard InChI is InChI=1S/C23H25N/c1-16(2)12-21-15-24-23(13-18(21)4)20-11-10-17(3)22(14-20)19-8-6-5-7-9-19/h5-11,13-16H,12H2,1-4H3. The summed E-state index contributed by atoms with van der Waals surface area (Å²) in [6.07, 6.45) is 3.13. The van der Waals surface area contributed by atoms with Gasteiger partial charge >= 0.3 is 0 Å². The molecule has 0 fully saturated rings. The molecule has 0 saturated heterocycles. The van der Waals surface area contributed by atoms with E-state index in [0.29, 0.717) is 5.92 Å². The molecule has 2 aromatic carbocycles. The maximum Gasteiger partial charge on any atom is 0.0705 e. The predicted octanol–water partition coefficient (Wildman–Crippen LogP) is 6.23. The largest absolute Gasteiger partial charge is 0.256 e. The van der Waals surface area contributed by atoms with Gasteiger partial charge in [0.25, 0.3) is 0 Å². The van der Waals surface area contributed by atoms with Crippen LogP contribution in [0.25, 0.3) is 22.4 Å². The maximum atomic E-state index is 4.73. The Bertz CT molecular complexity index is 832. The first-order valence-corrected chi connectivity index (χ1v) is 8.66. The van der Waals surface area contributed by atoms with E-state index in [2.05, 4.69) is 82.3 Å². The van der Waals surface area contributed by atoms with Crippen molar-refractivity contribution < 1.29 is 0 Å². The Labute approximate surface area is 145 Å². The van der Waals surface area contributed by atoms with Crippen molar-refractivity contribution in [3.63, 3.8) is 0 Å². The average Bonchev–Trinajstić information content (AvgIpc) is 2.57. The van der Waals surface area contributed by atoms with Crippen LogP contribution in [-0.2, 0) is 6.42 Å². The van der Waals surface area contributed by atoms with Crippen LogP contribution in [0.1, 0.15) is 30.5 Å². The Hall–Kier alpha value is -2.41. The van der Waals surface area contributed by atoms with E-state index in [1.165, 1.54) is 33.4 Å². The summed E-state index contributed by atoms with van der Waals surface area (Å²) >= 11 is 0. The van der Waals surface area contributed by atoms with E-state index in [1.807, 2.05) is 6.20 Å². The molecule has 0 spiro atoms. The molecule has 0 aliphatic rings. The van der Waals surface area contributed by atoms with Gasteiger partial charge in [0.2, 0.25) is 0 Å². The third-order valence-electron chi connectivity index (χ3n) is 4.47. The maximum absolute atomic E-state index is 4.73. The first-order valence-electron chi connectivity index (χ1n) is 8.66. The lowest BCUT2D eigenvalue weighted by atomic mass is 9.95. The van der Waals surface area contributed by atoms with Gasteiger partial charge in [-0.05, 0) is 66.1 Å². The van der Waals surface area contributed by atoms with Gasteiger partial charge in [-0.25, -0.2) is 0 Å². The van der Waals surface area contributed by atoms with Crippen molar-refractivity contribution in [1.29, 1.82) is 0 Å². The van der Waals surface area contributed by atoms with Crippen LogP contribution in [0.15, 0.2) is 60.8 Å². The first kappa shape index (κ1) is 16.4. The Kier molecular flexibility index (Phi) is 4.80. The van der Waals surface area contributed by atoms with E-state index in [0.717, 1.165) is 12.1 Å². The molecule has 1 nitrogen and oxygen atoms in total. The summed E-state index contributed by atoms with van der Waals surface area (Å²) in [5, 5.41) is 0. The van der Waals surface area contributed by atoms with Crippen LogP contribution >= 0.6 is 0 Å². The molecule has 122 valence electrons. The first-order chi connectivity index (χ1) is 11.5. The highest BCUT2D eigenvalue weighted by Gasteiger charge is 2.08. The van der Waals surface area contributed by atoms with Gasteiger partial charge in [0.1, 0.15) is 0 Å². The molecule has 1 heteroatoms. The number of hydrogen-bond acceptors (Lipinski definition) is 1. The third-order valence-corrected chi connectivity index (χ3v) is 4.47. The van der Waals surface area contributed by atoms with Crippen LogP contribution in [0.3, 0.4) is 0 Å². The fourth-order valence-electron chi connectivity index (χ4n) is 3.11. The van der Waals surface area contributed by atoms with Crippen molar-refractivity contribution in [2.45, 2.75) is 34.1 Å². The van der Waals surface area contributed by atoms with Gasteiger partial charge in [-0.15, -0.1) is 0 Å². The quantitative estimate of drug-likeness (QED) is 0.556. The van der Waals surface area contributed by atoms with Crippen LogP contribution < -0.4 is 0 Å². The topological polar surface area (TPSA) is 12.9 Å². The second-order valence-corrected chi connectivity index (χ2v) is 6.99. The Balaban J connectivity index is 2.00. The summed E-state index contributed by atoms with van der Waals surface area (Å²) in [6.45, 7) is 8.85. The summed E-state index contributed by atoms with van der Waals surface area (Å²) in [7, 11) is 0. The van der Waals surface area contributed by atoms with Gasteiger partial charge in [0, 0.05) is 11.8 Å². The lowest BCUT2D eigenvalue weighted by molar-refractivity contribution is 0.643. The summed E-state index contributed by atoms with van der Waals surface area (Å²) < 4.78 is 0. The zero-order chi connectivity index (χ0) is 17.1. The van der Waals surface area contributed by atoms with Crippen LogP contribution in [0, 0.1) is 19.8 Å². The Morgan fingerprint density at radius 2 is 1.58 bits per heavy atom. The van der Waals surface area contributed by atoms with E-state index in [1.54, 1.807) is 0 Å². The molecule has 1 heterocycles. The minimum atomic E-state index is 0.653. The highest BCUT2D eigenvalue weighted by atomic mass is 14.7. The van der Waals surface area contributed by atoms with E-state index >= 15 is 0 Å². The highest BCUT2D eigenvalue weighted by molar-refractivity contribution is 5.74. The minimum absolute atomic E-state index is 0.653. The fourth-order valence-corrected chi connectivity index (χ4v) is 3.11. The lowest BCUT2D eigenvalue weighted by Gasteiger charge is -2.12. The minimum Gasteiger partial charge on any atom is -0.256 e. The molecule has 0 aliphatic heterocycles. The smallest absolute Gasteiger partial charge is 0.0705 e. The average molecular weight is 315 g/mol. The van der Waals surface area contributed by atoms with Gasteiger partial charge in [-0.1, -0.05) is 56.3 Å². The number of pyridine rings is 1. The number of aromatic nitrogens is 1. The molecule has 0 saturated carbocycles. The zero-order valence-corrected chi connectivity index (χ0v) is 15.0. The molecule has 0 atom stereocenters.